The zero-order chi connectivity index (χ0) is 19.2. The first-order valence-corrected chi connectivity index (χ1v) is 10.2. The van der Waals surface area contributed by atoms with E-state index in [2.05, 4.69) is 19.2 Å². The first kappa shape index (κ1) is 19.4. The molecule has 0 saturated heterocycles. The molecule has 2 bridgehead atoms. The van der Waals surface area contributed by atoms with Gasteiger partial charge in [0.1, 0.15) is 0 Å². The topological polar surface area (TPSA) is 72.5 Å². The fourth-order valence-electron chi connectivity index (χ4n) is 4.63. The normalized spacial score (nSPS) is 32.5. The van der Waals surface area contributed by atoms with Crippen LogP contribution in [0.1, 0.15) is 33.1 Å². The van der Waals surface area contributed by atoms with Crippen molar-refractivity contribution in [2.75, 3.05) is 13.7 Å². The van der Waals surface area contributed by atoms with Crippen molar-refractivity contribution in [2.45, 2.75) is 39.3 Å². The molecule has 4 rings (SSSR count). The number of nitrogens with one attached hydrogen (secondary N) is 1. The highest BCUT2D eigenvalue weighted by atomic mass is 35.5. The second-order valence-electron chi connectivity index (χ2n) is 7.83. The number of hydrogen-bond donors (Lipinski definition) is 1. The summed E-state index contributed by atoms with van der Waals surface area (Å²) in [6.07, 6.45) is 2.34. The number of allylic oxidation sites excluding steroid dienone is 3. The second kappa shape index (κ2) is 7.00. The molecule has 1 N–H and O–H groups in total. The summed E-state index contributed by atoms with van der Waals surface area (Å²) in [5.41, 5.74) is -0.0792. The van der Waals surface area contributed by atoms with Gasteiger partial charge in [-0.15, -0.1) is 0 Å². The summed E-state index contributed by atoms with van der Waals surface area (Å²) in [5, 5.41) is 2.21. The number of hydrogen-bond acceptors (Lipinski definition) is 4. The van der Waals surface area contributed by atoms with Crippen LogP contribution in [0.5, 0.6) is 0 Å². The van der Waals surface area contributed by atoms with Crippen LogP contribution in [0, 0.1) is 23.2 Å². The Labute approximate surface area is 159 Å². The lowest BCUT2D eigenvalue weighted by atomic mass is 9.46. The van der Waals surface area contributed by atoms with Crippen LogP contribution in [0.4, 0.5) is 4.39 Å². The van der Waals surface area contributed by atoms with Crippen molar-refractivity contribution in [1.29, 1.82) is 0 Å². The van der Waals surface area contributed by atoms with Crippen LogP contribution in [-0.4, -0.2) is 39.0 Å². The lowest BCUT2D eigenvalue weighted by Gasteiger charge is -2.60. The van der Waals surface area contributed by atoms with Crippen molar-refractivity contribution in [3.05, 3.63) is 22.4 Å². The SMILES string of the molecule is CNC(=O)C1=CC(Cl)=C(OC[C@@H]2CC[C@@H]3C[C@H]2C3(C)C)C(=S(=O)=O)C1F. The van der Waals surface area contributed by atoms with Crippen molar-refractivity contribution < 1.29 is 22.3 Å². The molecule has 0 aromatic rings. The van der Waals surface area contributed by atoms with Crippen molar-refractivity contribution in [3.8, 4) is 0 Å². The molecule has 1 unspecified atom stereocenters. The molecule has 4 aliphatic carbocycles. The van der Waals surface area contributed by atoms with Crippen LogP contribution in [0.25, 0.3) is 0 Å². The highest BCUT2D eigenvalue weighted by Crippen LogP contribution is 2.61. The van der Waals surface area contributed by atoms with Crippen LogP contribution >= 0.6 is 11.6 Å². The molecule has 0 aliphatic heterocycles. The number of fused-ring (bicyclic) bond motifs is 2. The van der Waals surface area contributed by atoms with Crippen molar-refractivity contribution in [1.82, 2.24) is 5.32 Å². The Hall–Kier alpha value is -1.34. The van der Waals surface area contributed by atoms with Gasteiger partial charge in [0.05, 0.1) is 17.2 Å². The maximum absolute atomic E-state index is 14.7. The number of carbonyl (C=O) groups excluding carboxylic acids is 1. The van der Waals surface area contributed by atoms with E-state index < -0.39 is 27.2 Å². The highest BCUT2D eigenvalue weighted by Gasteiger charge is 2.54. The minimum absolute atomic E-state index is 0.0711. The molecule has 4 atom stereocenters. The zero-order valence-electron chi connectivity index (χ0n) is 15.0. The third-order valence-corrected chi connectivity index (χ3v) is 7.37. The number of likely N-dealkylation sites (N-methyl/N-ethyl adjacent to an activating group) is 1. The van der Waals surface area contributed by atoms with Gasteiger partial charge in [0.2, 0.25) is 16.2 Å². The quantitative estimate of drug-likeness (QED) is 0.732. The summed E-state index contributed by atoms with van der Waals surface area (Å²) in [5.74, 6) is 0.650. The van der Waals surface area contributed by atoms with E-state index in [0.717, 1.165) is 31.3 Å². The van der Waals surface area contributed by atoms with Gasteiger partial charge in [-0.3, -0.25) is 4.79 Å². The average Bonchev–Trinajstić information content (AvgIpc) is 2.60. The van der Waals surface area contributed by atoms with Gasteiger partial charge < -0.3 is 10.1 Å². The van der Waals surface area contributed by atoms with E-state index in [1.54, 1.807) is 0 Å². The lowest BCUT2D eigenvalue weighted by molar-refractivity contribution is -0.118. The van der Waals surface area contributed by atoms with E-state index in [0.29, 0.717) is 12.5 Å². The van der Waals surface area contributed by atoms with E-state index in [9.17, 15) is 17.6 Å². The number of amides is 1. The molecule has 0 aromatic carbocycles. The molecule has 0 heterocycles. The lowest BCUT2D eigenvalue weighted by Crippen LogP contribution is -2.53. The first-order valence-electron chi connectivity index (χ1n) is 8.75. The van der Waals surface area contributed by atoms with Crippen molar-refractivity contribution in [3.63, 3.8) is 0 Å². The Balaban J connectivity index is 1.84. The molecule has 0 spiro atoms. The molecule has 144 valence electrons. The average molecular weight is 404 g/mol. The molecule has 0 radical (unpaired) electrons. The molecule has 8 heteroatoms. The molecule has 26 heavy (non-hydrogen) atoms. The minimum Gasteiger partial charge on any atom is -0.490 e. The van der Waals surface area contributed by atoms with Crippen LogP contribution in [0.3, 0.4) is 0 Å². The van der Waals surface area contributed by atoms with Gasteiger partial charge in [-0.2, -0.15) is 8.42 Å². The van der Waals surface area contributed by atoms with Crippen molar-refractivity contribution >= 4 is 32.7 Å². The Morgan fingerprint density at radius 3 is 2.65 bits per heavy atom. The predicted octanol–water partition coefficient (Wildman–Crippen LogP) is 2.60. The third kappa shape index (κ3) is 3.09. The van der Waals surface area contributed by atoms with E-state index in [1.165, 1.54) is 7.05 Å². The highest BCUT2D eigenvalue weighted by molar-refractivity contribution is 7.73. The summed E-state index contributed by atoms with van der Waals surface area (Å²) < 4.78 is 43.6. The molecule has 1 amide bonds. The smallest absolute Gasteiger partial charge is 0.250 e. The van der Waals surface area contributed by atoms with E-state index in [4.69, 9.17) is 16.3 Å². The summed E-state index contributed by atoms with van der Waals surface area (Å²) in [6.45, 7) is 4.80. The molecule has 4 aliphatic rings. The molecular weight excluding hydrogens is 381 g/mol. The Morgan fingerprint density at radius 2 is 2.12 bits per heavy atom. The molecule has 5 nitrogen and oxygen atoms in total. The summed E-state index contributed by atoms with van der Waals surface area (Å²) in [4.78, 5) is 11.2. The van der Waals surface area contributed by atoms with Crippen molar-refractivity contribution in [2.24, 2.45) is 23.2 Å². The van der Waals surface area contributed by atoms with Gasteiger partial charge in [0.15, 0.2) is 16.8 Å². The van der Waals surface area contributed by atoms with Crippen LogP contribution < -0.4 is 5.32 Å². The fourth-order valence-corrected chi connectivity index (χ4v) is 5.57. The number of rotatable bonds is 4. The Kier molecular flexibility index (Phi) is 5.23. The minimum atomic E-state index is -2.89. The van der Waals surface area contributed by atoms with Crippen LogP contribution in [0.15, 0.2) is 22.4 Å². The van der Waals surface area contributed by atoms with Gasteiger partial charge in [0, 0.05) is 7.05 Å². The molecule has 0 aromatic heterocycles. The maximum Gasteiger partial charge on any atom is 0.250 e. The summed E-state index contributed by atoms with van der Waals surface area (Å²) in [7, 11) is -1.55. The van der Waals surface area contributed by atoms with E-state index in [1.807, 2.05) is 0 Å². The predicted molar refractivity (Wildman–Crippen MR) is 97.9 cm³/mol. The largest absolute Gasteiger partial charge is 0.490 e. The van der Waals surface area contributed by atoms with Crippen LogP contribution in [0.2, 0.25) is 0 Å². The standard InChI is InChI=1S/C18H23ClFNO4S/c1-18(2)10-5-4-9(12(18)6-10)8-25-15-13(19)7-11(17(22)21-3)14(20)16(15)26(23)24/h7,9-10,12,14H,4-6,8H2,1-3H3,(H,21,22)/t9-,10+,12+,14?/m0/s1. The van der Waals surface area contributed by atoms with Gasteiger partial charge in [-0.05, 0) is 48.5 Å². The van der Waals surface area contributed by atoms with E-state index in [-0.39, 0.29) is 27.7 Å². The maximum atomic E-state index is 14.7. The zero-order valence-corrected chi connectivity index (χ0v) is 16.6. The number of halogens is 2. The van der Waals surface area contributed by atoms with Gasteiger partial charge in [0.25, 0.3) is 0 Å². The Bertz CT molecular complexity index is 820. The number of ether oxygens (including phenoxy) is 1. The van der Waals surface area contributed by atoms with Gasteiger partial charge in [-0.1, -0.05) is 25.4 Å². The first-order chi connectivity index (χ1) is 12.2. The molecule has 3 saturated carbocycles. The summed E-state index contributed by atoms with van der Waals surface area (Å²) >= 11 is 6.14. The summed E-state index contributed by atoms with van der Waals surface area (Å²) in [6, 6.07) is 0. The monoisotopic (exact) mass is 403 g/mol. The Morgan fingerprint density at radius 1 is 1.42 bits per heavy atom. The molecule has 3 fully saturated rings. The van der Waals surface area contributed by atoms with E-state index >= 15 is 0 Å². The number of alkyl halides is 1. The fraction of sp³-hybridized carbons (Fsp3) is 0.667. The van der Waals surface area contributed by atoms with Gasteiger partial charge >= 0.3 is 0 Å². The van der Waals surface area contributed by atoms with Crippen LogP contribution in [-0.2, 0) is 19.8 Å². The van der Waals surface area contributed by atoms with Gasteiger partial charge in [-0.25, -0.2) is 4.39 Å². The second-order valence-corrected chi connectivity index (χ2v) is 9.14. The number of carbonyl (C=O) groups is 1. The third-order valence-electron chi connectivity index (χ3n) is 6.34. The molecular formula is C18H23ClFNO4S.